The van der Waals surface area contributed by atoms with Gasteiger partial charge in [-0.15, -0.1) is 0 Å². The van der Waals surface area contributed by atoms with Crippen LogP contribution in [0.15, 0.2) is 22.7 Å². The van der Waals surface area contributed by atoms with Crippen LogP contribution in [0.1, 0.15) is 23.7 Å². The maximum absolute atomic E-state index is 12.8. The zero-order chi connectivity index (χ0) is 12.1. The molecule has 0 aromatic heterocycles. The van der Waals surface area contributed by atoms with Crippen LogP contribution < -0.4 is 5.32 Å². The Bertz CT molecular complexity index is 384. The first-order chi connectivity index (χ1) is 7.54. The van der Waals surface area contributed by atoms with Crippen molar-refractivity contribution in [2.75, 3.05) is 6.54 Å². The highest BCUT2D eigenvalue weighted by Crippen LogP contribution is 2.17. The van der Waals surface area contributed by atoms with E-state index in [0.29, 0.717) is 16.5 Å². The summed E-state index contributed by atoms with van der Waals surface area (Å²) in [4.78, 5) is 11.6. The molecule has 1 amide bonds. The molecule has 0 aliphatic rings. The molecular weight excluding hydrogens is 277 g/mol. The van der Waals surface area contributed by atoms with Gasteiger partial charge in [-0.3, -0.25) is 4.79 Å². The Morgan fingerprint density at radius 2 is 2.31 bits per heavy atom. The Morgan fingerprint density at radius 1 is 1.62 bits per heavy atom. The third kappa shape index (κ3) is 3.57. The average molecular weight is 290 g/mol. The van der Waals surface area contributed by atoms with E-state index in [1.165, 1.54) is 18.2 Å². The minimum absolute atomic E-state index is 0.194. The third-order valence-corrected chi connectivity index (χ3v) is 2.80. The lowest BCUT2D eigenvalue weighted by atomic mass is 10.2. The molecule has 0 bridgehead atoms. The van der Waals surface area contributed by atoms with Crippen molar-refractivity contribution in [3.63, 3.8) is 0 Å². The Hall–Kier alpha value is -0.940. The quantitative estimate of drug-likeness (QED) is 0.892. The molecule has 0 saturated heterocycles. The summed E-state index contributed by atoms with van der Waals surface area (Å²) in [7, 11) is 0. The summed E-state index contributed by atoms with van der Waals surface area (Å²) >= 11 is 3.11. The summed E-state index contributed by atoms with van der Waals surface area (Å²) in [6.07, 6.45) is 0.0217. The fourth-order valence-corrected chi connectivity index (χ4v) is 1.65. The van der Waals surface area contributed by atoms with Crippen molar-refractivity contribution in [2.45, 2.75) is 19.4 Å². The van der Waals surface area contributed by atoms with E-state index in [2.05, 4.69) is 21.2 Å². The van der Waals surface area contributed by atoms with E-state index in [1.807, 2.05) is 6.92 Å². The highest BCUT2D eigenvalue weighted by Gasteiger charge is 2.11. The number of amides is 1. The molecule has 1 aromatic carbocycles. The van der Waals surface area contributed by atoms with E-state index >= 15 is 0 Å². The summed E-state index contributed by atoms with van der Waals surface area (Å²) in [5.41, 5.74) is 0.352. The lowest BCUT2D eigenvalue weighted by Gasteiger charge is -2.10. The van der Waals surface area contributed by atoms with Crippen LogP contribution in [0.3, 0.4) is 0 Å². The molecule has 0 fully saturated rings. The van der Waals surface area contributed by atoms with Crippen molar-refractivity contribution in [1.82, 2.24) is 5.32 Å². The highest BCUT2D eigenvalue weighted by atomic mass is 79.9. The van der Waals surface area contributed by atoms with Crippen LogP contribution in [0.4, 0.5) is 4.39 Å². The summed E-state index contributed by atoms with van der Waals surface area (Å²) in [5, 5.41) is 11.8. The van der Waals surface area contributed by atoms with Crippen molar-refractivity contribution in [1.29, 1.82) is 0 Å². The second kappa shape index (κ2) is 5.96. The second-order valence-electron chi connectivity index (χ2n) is 3.40. The zero-order valence-corrected chi connectivity index (χ0v) is 10.4. The minimum Gasteiger partial charge on any atom is -0.391 e. The van der Waals surface area contributed by atoms with Crippen molar-refractivity contribution >= 4 is 21.8 Å². The van der Waals surface area contributed by atoms with Gasteiger partial charge in [-0.25, -0.2) is 4.39 Å². The molecule has 1 rings (SSSR count). The van der Waals surface area contributed by atoms with Gasteiger partial charge in [0.1, 0.15) is 5.82 Å². The van der Waals surface area contributed by atoms with Crippen molar-refractivity contribution in [2.24, 2.45) is 0 Å². The van der Waals surface area contributed by atoms with Gasteiger partial charge in [0, 0.05) is 11.0 Å². The first-order valence-corrected chi connectivity index (χ1v) is 5.75. The van der Waals surface area contributed by atoms with Crippen molar-refractivity contribution in [3.05, 3.63) is 34.1 Å². The van der Waals surface area contributed by atoms with Crippen molar-refractivity contribution in [3.8, 4) is 0 Å². The molecule has 0 aliphatic carbocycles. The molecule has 0 heterocycles. The van der Waals surface area contributed by atoms with Crippen LogP contribution >= 0.6 is 15.9 Å². The number of rotatable bonds is 4. The van der Waals surface area contributed by atoms with Gasteiger partial charge < -0.3 is 10.4 Å². The molecule has 5 heteroatoms. The topological polar surface area (TPSA) is 49.3 Å². The summed E-state index contributed by atoms with van der Waals surface area (Å²) in [5.74, 6) is -0.739. The zero-order valence-electron chi connectivity index (χ0n) is 8.84. The summed E-state index contributed by atoms with van der Waals surface area (Å²) < 4.78 is 13.2. The van der Waals surface area contributed by atoms with Gasteiger partial charge >= 0.3 is 0 Å². The molecule has 1 atom stereocenters. The van der Waals surface area contributed by atoms with E-state index < -0.39 is 11.9 Å². The number of carbonyl (C=O) groups excluding carboxylic acids is 1. The van der Waals surface area contributed by atoms with Crippen LogP contribution in [0.25, 0.3) is 0 Å². The van der Waals surface area contributed by atoms with Gasteiger partial charge in [0.05, 0.1) is 11.7 Å². The van der Waals surface area contributed by atoms with Crippen LogP contribution in [-0.2, 0) is 0 Å². The first-order valence-electron chi connectivity index (χ1n) is 4.96. The van der Waals surface area contributed by atoms with Gasteiger partial charge in [-0.1, -0.05) is 6.92 Å². The second-order valence-corrected chi connectivity index (χ2v) is 4.25. The lowest BCUT2D eigenvalue weighted by molar-refractivity contribution is 0.0913. The van der Waals surface area contributed by atoms with E-state index in [4.69, 9.17) is 0 Å². The fraction of sp³-hybridized carbons (Fsp3) is 0.364. The molecule has 0 radical (unpaired) electrons. The molecule has 88 valence electrons. The molecule has 2 N–H and O–H groups in total. The highest BCUT2D eigenvalue weighted by molar-refractivity contribution is 9.10. The van der Waals surface area contributed by atoms with Gasteiger partial charge in [0.2, 0.25) is 0 Å². The standard InChI is InChI=1S/C11H13BrFNO2/c1-2-8(15)6-14-11(16)9-4-3-7(13)5-10(9)12/h3-5,8,15H,2,6H2,1H3,(H,14,16). The monoisotopic (exact) mass is 289 g/mol. The number of benzene rings is 1. The molecule has 3 nitrogen and oxygen atoms in total. The SMILES string of the molecule is CCC(O)CNC(=O)c1ccc(F)cc1Br. The molecule has 0 aliphatic heterocycles. The lowest BCUT2D eigenvalue weighted by Crippen LogP contribution is -2.31. The smallest absolute Gasteiger partial charge is 0.252 e. The number of aliphatic hydroxyl groups excluding tert-OH is 1. The van der Waals surface area contributed by atoms with E-state index in [0.717, 1.165) is 0 Å². The number of halogens is 2. The Morgan fingerprint density at radius 3 is 2.88 bits per heavy atom. The number of hydrogen-bond acceptors (Lipinski definition) is 2. The van der Waals surface area contributed by atoms with Gasteiger partial charge in [0.25, 0.3) is 5.91 Å². The summed E-state index contributed by atoms with van der Waals surface area (Å²) in [6.45, 7) is 2.02. The van der Waals surface area contributed by atoms with Crippen LogP contribution in [0.2, 0.25) is 0 Å². The third-order valence-electron chi connectivity index (χ3n) is 2.15. The Kier molecular flexibility index (Phi) is 4.89. The largest absolute Gasteiger partial charge is 0.391 e. The minimum atomic E-state index is -0.553. The van der Waals surface area contributed by atoms with Crippen LogP contribution in [-0.4, -0.2) is 23.7 Å². The number of carbonyl (C=O) groups is 1. The number of hydrogen-bond donors (Lipinski definition) is 2. The normalized spacial score (nSPS) is 12.2. The van der Waals surface area contributed by atoms with E-state index in [9.17, 15) is 14.3 Å². The fourth-order valence-electron chi connectivity index (χ4n) is 1.12. The molecule has 1 aromatic rings. The summed E-state index contributed by atoms with van der Waals surface area (Å²) in [6, 6.07) is 3.84. The van der Waals surface area contributed by atoms with Crippen LogP contribution in [0, 0.1) is 5.82 Å². The molecule has 16 heavy (non-hydrogen) atoms. The van der Waals surface area contributed by atoms with E-state index in [1.54, 1.807) is 0 Å². The average Bonchev–Trinajstić information content (AvgIpc) is 2.25. The predicted octanol–water partition coefficient (Wildman–Crippen LogP) is 2.09. The first kappa shape index (κ1) is 13.1. The van der Waals surface area contributed by atoms with Crippen molar-refractivity contribution < 1.29 is 14.3 Å². The Balaban J connectivity index is 2.66. The Labute approximate surface area is 102 Å². The predicted molar refractivity (Wildman–Crippen MR) is 62.7 cm³/mol. The number of aliphatic hydroxyl groups is 1. The molecule has 1 unspecified atom stereocenters. The van der Waals surface area contributed by atoms with Gasteiger partial charge in [-0.05, 0) is 40.5 Å². The van der Waals surface area contributed by atoms with E-state index in [-0.39, 0.29) is 12.5 Å². The molecule has 0 spiro atoms. The van der Waals surface area contributed by atoms with Gasteiger partial charge in [-0.2, -0.15) is 0 Å². The molecule has 0 saturated carbocycles. The number of nitrogens with one attached hydrogen (secondary N) is 1. The van der Waals surface area contributed by atoms with Crippen LogP contribution in [0.5, 0.6) is 0 Å². The molecular formula is C11H13BrFNO2. The maximum Gasteiger partial charge on any atom is 0.252 e. The van der Waals surface area contributed by atoms with Gasteiger partial charge in [0.15, 0.2) is 0 Å². The maximum atomic E-state index is 12.8.